The van der Waals surface area contributed by atoms with Crippen LogP contribution in [0.5, 0.6) is 11.5 Å². The van der Waals surface area contributed by atoms with E-state index in [4.69, 9.17) is 14.2 Å². The number of carbonyl (C=O) groups is 2. The van der Waals surface area contributed by atoms with E-state index in [0.29, 0.717) is 40.7 Å². The smallest absolute Gasteiger partial charge is 0.338 e. The van der Waals surface area contributed by atoms with Gasteiger partial charge in [-0.25, -0.2) is 4.79 Å². The molecule has 0 saturated heterocycles. The fourth-order valence-electron chi connectivity index (χ4n) is 2.63. The summed E-state index contributed by atoms with van der Waals surface area (Å²) in [6, 6.07) is 10.1. The van der Waals surface area contributed by atoms with Gasteiger partial charge in [0, 0.05) is 0 Å². The highest BCUT2D eigenvalue weighted by atomic mass is 32.1. The van der Waals surface area contributed by atoms with Crippen LogP contribution >= 0.6 is 11.7 Å². The van der Waals surface area contributed by atoms with Crippen molar-refractivity contribution in [3.8, 4) is 11.5 Å². The van der Waals surface area contributed by atoms with Gasteiger partial charge in [-0.15, -0.1) is 0 Å². The Labute approximate surface area is 178 Å². The summed E-state index contributed by atoms with van der Waals surface area (Å²) in [6.07, 6.45) is 0.909. The second kappa shape index (κ2) is 10.0. The molecule has 0 fully saturated rings. The third-order valence-corrected chi connectivity index (χ3v) is 4.79. The summed E-state index contributed by atoms with van der Waals surface area (Å²) in [4.78, 5) is 24.5. The van der Waals surface area contributed by atoms with Crippen LogP contribution in [-0.4, -0.2) is 40.9 Å². The van der Waals surface area contributed by atoms with Gasteiger partial charge in [-0.1, -0.05) is 19.9 Å². The van der Waals surface area contributed by atoms with Gasteiger partial charge in [0.15, 0.2) is 18.1 Å². The molecule has 1 amide bonds. The topological polar surface area (TPSA) is 99.6 Å². The first kappa shape index (κ1) is 21.5. The van der Waals surface area contributed by atoms with Gasteiger partial charge in [0.1, 0.15) is 11.0 Å². The van der Waals surface area contributed by atoms with Crippen molar-refractivity contribution in [2.75, 3.05) is 25.6 Å². The second-order valence-corrected chi connectivity index (χ2v) is 7.49. The lowest BCUT2D eigenvalue weighted by molar-refractivity contribution is -0.119. The average Bonchev–Trinajstić information content (AvgIpc) is 3.22. The lowest BCUT2D eigenvalue weighted by Gasteiger charge is -2.13. The normalized spacial score (nSPS) is 10.8. The second-order valence-electron chi connectivity index (χ2n) is 6.96. The van der Waals surface area contributed by atoms with E-state index in [1.165, 1.54) is 13.2 Å². The Balaban J connectivity index is 1.57. The zero-order valence-electron chi connectivity index (χ0n) is 17.0. The number of nitrogens with one attached hydrogen (secondary N) is 1. The van der Waals surface area contributed by atoms with E-state index in [9.17, 15) is 9.59 Å². The molecule has 0 unspecified atom stereocenters. The SMILES string of the molecule is COc1cc(C(=O)OCC(=O)Nc2cccc3nsnc23)ccc1OCCC(C)C. The van der Waals surface area contributed by atoms with Gasteiger partial charge in [0.2, 0.25) is 0 Å². The van der Waals surface area contributed by atoms with Crippen LogP contribution in [0.4, 0.5) is 5.69 Å². The molecule has 8 nitrogen and oxygen atoms in total. The van der Waals surface area contributed by atoms with E-state index in [-0.39, 0.29) is 5.56 Å². The zero-order valence-corrected chi connectivity index (χ0v) is 17.8. The predicted octanol–water partition coefficient (Wildman–Crippen LogP) is 3.92. The lowest BCUT2D eigenvalue weighted by atomic mass is 10.1. The number of fused-ring (bicyclic) bond motifs is 1. The first-order valence-electron chi connectivity index (χ1n) is 9.47. The van der Waals surface area contributed by atoms with Gasteiger partial charge in [0.25, 0.3) is 5.91 Å². The van der Waals surface area contributed by atoms with E-state index >= 15 is 0 Å². The Kier molecular flexibility index (Phi) is 7.18. The van der Waals surface area contributed by atoms with Gasteiger partial charge < -0.3 is 19.5 Å². The van der Waals surface area contributed by atoms with Crippen molar-refractivity contribution in [1.29, 1.82) is 0 Å². The van der Waals surface area contributed by atoms with E-state index < -0.39 is 18.5 Å². The molecule has 0 saturated carbocycles. The summed E-state index contributed by atoms with van der Waals surface area (Å²) >= 11 is 1.06. The molecule has 0 spiro atoms. The van der Waals surface area contributed by atoms with E-state index in [1.807, 2.05) is 0 Å². The Morgan fingerprint density at radius 2 is 1.97 bits per heavy atom. The number of carbonyl (C=O) groups excluding carboxylic acids is 2. The van der Waals surface area contributed by atoms with Gasteiger partial charge in [-0.05, 0) is 42.7 Å². The molecule has 2 aromatic carbocycles. The molecule has 0 aliphatic rings. The van der Waals surface area contributed by atoms with Crippen molar-refractivity contribution in [1.82, 2.24) is 8.75 Å². The summed E-state index contributed by atoms with van der Waals surface area (Å²) in [5.41, 5.74) is 2.08. The molecule has 1 N–H and O–H groups in total. The molecular weight excluding hydrogens is 406 g/mol. The number of esters is 1. The summed E-state index contributed by atoms with van der Waals surface area (Å²) in [6.45, 7) is 4.36. The molecule has 0 aliphatic carbocycles. The number of methoxy groups -OCH3 is 1. The molecule has 3 aromatic rings. The number of aromatic nitrogens is 2. The minimum Gasteiger partial charge on any atom is -0.493 e. The highest BCUT2D eigenvalue weighted by Gasteiger charge is 2.15. The molecule has 0 aliphatic heterocycles. The maximum absolute atomic E-state index is 12.3. The Morgan fingerprint density at radius 1 is 1.13 bits per heavy atom. The summed E-state index contributed by atoms with van der Waals surface area (Å²) < 4.78 is 24.4. The highest BCUT2D eigenvalue weighted by Crippen LogP contribution is 2.29. The largest absolute Gasteiger partial charge is 0.493 e. The molecule has 9 heteroatoms. The van der Waals surface area contributed by atoms with Crippen molar-refractivity contribution in [3.63, 3.8) is 0 Å². The molecule has 30 heavy (non-hydrogen) atoms. The van der Waals surface area contributed by atoms with Crippen LogP contribution in [-0.2, 0) is 9.53 Å². The summed E-state index contributed by atoms with van der Waals surface area (Å²) in [7, 11) is 1.50. The lowest BCUT2D eigenvalue weighted by Crippen LogP contribution is -2.21. The molecule has 0 atom stereocenters. The fraction of sp³-hybridized carbons (Fsp3) is 0.333. The number of rotatable bonds is 9. The van der Waals surface area contributed by atoms with Gasteiger partial charge in [-0.2, -0.15) is 8.75 Å². The molecular formula is C21H23N3O5S. The van der Waals surface area contributed by atoms with Crippen LogP contribution in [0.25, 0.3) is 11.0 Å². The molecule has 0 radical (unpaired) electrons. The monoisotopic (exact) mass is 429 g/mol. The number of benzene rings is 2. The van der Waals surface area contributed by atoms with Gasteiger partial charge in [0.05, 0.1) is 36.7 Å². The third-order valence-electron chi connectivity index (χ3n) is 4.25. The number of anilines is 1. The first-order chi connectivity index (χ1) is 14.5. The Bertz CT molecular complexity index is 1030. The molecule has 1 aromatic heterocycles. The van der Waals surface area contributed by atoms with Crippen molar-refractivity contribution in [2.24, 2.45) is 5.92 Å². The van der Waals surface area contributed by atoms with Crippen molar-refractivity contribution < 1.29 is 23.8 Å². The minimum atomic E-state index is -0.634. The maximum atomic E-state index is 12.3. The van der Waals surface area contributed by atoms with E-state index in [0.717, 1.165) is 18.1 Å². The van der Waals surface area contributed by atoms with Crippen LogP contribution in [0.1, 0.15) is 30.6 Å². The Morgan fingerprint density at radius 3 is 2.73 bits per heavy atom. The number of ether oxygens (including phenoxy) is 3. The van der Waals surface area contributed by atoms with Crippen LogP contribution in [0.2, 0.25) is 0 Å². The standard InChI is InChI=1S/C21H23N3O5S/c1-13(2)9-10-28-17-8-7-14(11-18(17)27-3)21(26)29-12-19(25)22-15-5-4-6-16-20(15)24-30-23-16/h4-8,11,13H,9-10,12H2,1-3H3,(H,22,25). The minimum absolute atomic E-state index is 0.265. The van der Waals surface area contributed by atoms with Crippen molar-refractivity contribution in [3.05, 3.63) is 42.0 Å². The zero-order chi connectivity index (χ0) is 21.5. The van der Waals surface area contributed by atoms with Gasteiger partial charge >= 0.3 is 5.97 Å². The van der Waals surface area contributed by atoms with E-state index in [2.05, 4.69) is 27.9 Å². The molecule has 158 valence electrons. The number of hydrogen-bond donors (Lipinski definition) is 1. The Hall–Kier alpha value is -3.20. The van der Waals surface area contributed by atoms with Gasteiger partial charge in [-0.3, -0.25) is 4.79 Å². The molecule has 0 bridgehead atoms. The quantitative estimate of drug-likeness (QED) is 0.515. The molecule has 3 rings (SSSR count). The highest BCUT2D eigenvalue weighted by molar-refractivity contribution is 7.00. The third kappa shape index (κ3) is 5.44. The van der Waals surface area contributed by atoms with Crippen molar-refractivity contribution >= 4 is 40.3 Å². The van der Waals surface area contributed by atoms with E-state index in [1.54, 1.807) is 30.3 Å². The van der Waals surface area contributed by atoms with Crippen LogP contribution < -0.4 is 14.8 Å². The number of amides is 1. The van der Waals surface area contributed by atoms with Crippen LogP contribution in [0, 0.1) is 5.92 Å². The predicted molar refractivity (Wildman–Crippen MR) is 114 cm³/mol. The number of nitrogens with zero attached hydrogens (tertiary/aromatic N) is 2. The van der Waals surface area contributed by atoms with Crippen LogP contribution in [0.3, 0.4) is 0 Å². The van der Waals surface area contributed by atoms with Crippen molar-refractivity contribution in [2.45, 2.75) is 20.3 Å². The maximum Gasteiger partial charge on any atom is 0.338 e. The summed E-state index contributed by atoms with van der Waals surface area (Å²) in [5, 5.41) is 2.69. The summed E-state index contributed by atoms with van der Waals surface area (Å²) in [5.74, 6) is 0.406. The molecule has 1 heterocycles. The van der Waals surface area contributed by atoms with Crippen LogP contribution in [0.15, 0.2) is 36.4 Å². The average molecular weight is 429 g/mol. The first-order valence-corrected chi connectivity index (χ1v) is 10.2. The number of hydrogen-bond acceptors (Lipinski definition) is 8. The fourth-order valence-corrected chi connectivity index (χ4v) is 3.18.